The van der Waals surface area contributed by atoms with E-state index in [1.807, 2.05) is 0 Å². The van der Waals surface area contributed by atoms with Crippen LogP contribution in [0.4, 0.5) is 18.9 Å². The lowest BCUT2D eigenvalue weighted by Gasteiger charge is -2.34. The second-order valence-corrected chi connectivity index (χ2v) is 6.74. The van der Waals surface area contributed by atoms with E-state index in [9.17, 15) is 18.0 Å². The number of fused-ring (bicyclic) bond motifs is 1. The van der Waals surface area contributed by atoms with Gasteiger partial charge >= 0.3 is 6.18 Å². The number of anilines is 1. The van der Waals surface area contributed by atoms with Crippen molar-refractivity contribution in [2.75, 3.05) is 12.4 Å². The van der Waals surface area contributed by atoms with E-state index in [2.05, 4.69) is 15.6 Å². The van der Waals surface area contributed by atoms with Gasteiger partial charge in [-0.1, -0.05) is 0 Å². The van der Waals surface area contributed by atoms with E-state index in [1.165, 1.54) is 25.4 Å². The number of nitrogens with zero attached hydrogens (tertiary/aromatic N) is 1. The topological polar surface area (TPSA) is 72.5 Å². The van der Waals surface area contributed by atoms with E-state index in [0.29, 0.717) is 17.0 Å². The van der Waals surface area contributed by atoms with Crippen LogP contribution in [0.3, 0.4) is 0 Å². The quantitative estimate of drug-likeness (QED) is 0.826. The lowest BCUT2D eigenvalue weighted by Crippen LogP contribution is -2.37. The van der Waals surface area contributed by atoms with Crippen LogP contribution in [0.2, 0.25) is 0 Å². The highest BCUT2D eigenvalue weighted by Crippen LogP contribution is 2.36. The maximum absolute atomic E-state index is 12.7. The standard InChI is InChI=1S/C19H20F3N3O3/c1-18(2)27-10-14-11(9-25-15(16(14)28-18)17(26)23-3)8-24-13-6-4-12(5-7-13)19(20,21)22/h4-7,9,24H,8,10H2,1-3H3,(H,23,26). The molecule has 6 nitrogen and oxygen atoms in total. The first-order valence-corrected chi connectivity index (χ1v) is 8.57. The fraction of sp³-hybridized carbons (Fsp3) is 0.368. The van der Waals surface area contributed by atoms with Crippen molar-refractivity contribution in [3.05, 3.63) is 52.8 Å². The van der Waals surface area contributed by atoms with Crippen LogP contribution in [0.5, 0.6) is 5.75 Å². The Morgan fingerprint density at radius 3 is 2.54 bits per heavy atom. The number of alkyl halides is 3. The van der Waals surface area contributed by atoms with E-state index in [0.717, 1.165) is 17.7 Å². The Morgan fingerprint density at radius 2 is 1.93 bits per heavy atom. The van der Waals surface area contributed by atoms with Crippen molar-refractivity contribution in [3.8, 4) is 5.75 Å². The van der Waals surface area contributed by atoms with Crippen LogP contribution in [0, 0.1) is 0 Å². The third kappa shape index (κ3) is 4.19. The van der Waals surface area contributed by atoms with Crippen LogP contribution in [0.1, 0.15) is 41.0 Å². The smallest absolute Gasteiger partial charge is 0.416 e. The predicted octanol–water partition coefficient (Wildman–Crippen LogP) is 3.72. The highest BCUT2D eigenvalue weighted by atomic mass is 19.4. The second kappa shape index (κ2) is 7.31. The van der Waals surface area contributed by atoms with Gasteiger partial charge in [0, 0.05) is 44.9 Å². The van der Waals surface area contributed by atoms with E-state index in [-0.39, 0.29) is 24.8 Å². The predicted molar refractivity (Wildman–Crippen MR) is 95.9 cm³/mol. The van der Waals surface area contributed by atoms with Crippen LogP contribution in [0.15, 0.2) is 30.5 Å². The summed E-state index contributed by atoms with van der Waals surface area (Å²) in [5.41, 5.74) is 1.36. The fourth-order valence-corrected chi connectivity index (χ4v) is 2.76. The van der Waals surface area contributed by atoms with E-state index < -0.39 is 17.5 Å². The molecule has 1 aromatic heterocycles. The van der Waals surface area contributed by atoms with Gasteiger partial charge in [0.2, 0.25) is 5.79 Å². The molecule has 28 heavy (non-hydrogen) atoms. The average Bonchev–Trinajstić information content (AvgIpc) is 2.64. The van der Waals surface area contributed by atoms with Gasteiger partial charge < -0.3 is 20.1 Å². The zero-order chi connectivity index (χ0) is 20.5. The number of hydrogen-bond donors (Lipinski definition) is 2. The summed E-state index contributed by atoms with van der Waals surface area (Å²) >= 11 is 0. The van der Waals surface area contributed by atoms with Gasteiger partial charge in [-0.2, -0.15) is 13.2 Å². The Hall–Kier alpha value is -2.81. The SMILES string of the molecule is CNC(=O)c1ncc(CNc2ccc(C(F)(F)F)cc2)c2c1OC(C)(C)OC2. The number of halogens is 3. The minimum absolute atomic E-state index is 0.159. The van der Waals surface area contributed by atoms with Crippen molar-refractivity contribution < 1.29 is 27.4 Å². The molecule has 2 aromatic rings. The largest absolute Gasteiger partial charge is 0.460 e. The van der Waals surface area contributed by atoms with Gasteiger partial charge in [-0.3, -0.25) is 4.79 Å². The molecule has 2 heterocycles. The number of nitrogens with one attached hydrogen (secondary N) is 2. The van der Waals surface area contributed by atoms with Gasteiger partial charge in [-0.05, 0) is 29.8 Å². The minimum atomic E-state index is -4.38. The third-order valence-corrected chi connectivity index (χ3v) is 4.28. The van der Waals surface area contributed by atoms with Crippen LogP contribution in [0.25, 0.3) is 0 Å². The molecule has 0 radical (unpaired) electrons. The van der Waals surface area contributed by atoms with Crippen molar-refractivity contribution in [2.45, 2.75) is 39.0 Å². The first-order chi connectivity index (χ1) is 13.1. The van der Waals surface area contributed by atoms with Gasteiger partial charge in [0.05, 0.1) is 12.2 Å². The summed E-state index contributed by atoms with van der Waals surface area (Å²) in [5, 5.41) is 5.58. The Kier molecular flexibility index (Phi) is 5.20. The van der Waals surface area contributed by atoms with Gasteiger partial charge in [0.25, 0.3) is 5.91 Å². The molecule has 0 fully saturated rings. The Labute approximate surface area is 160 Å². The van der Waals surface area contributed by atoms with Gasteiger partial charge in [0.15, 0.2) is 11.4 Å². The Bertz CT molecular complexity index is 880. The number of ether oxygens (including phenoxy) is 2. The molecule has 0 aliphatic carbocycles. The van der Waals surface area contributed by atoms with Gasteiger partial charge in [-0.25, -0.2) is 4.98 Å². The molecule has 1 aromatic carbocycles. The zero-order valence-electron chi connectivity index (χ0n) is 15.6. The molecule has 1 aliphatic heterocycles. The summed E-state index contributed by atoms with van der Waals surface area (Å²) in [6.45, 7) is 3.97. The number of carbonyl (C=O) groups excluding carboxylic acids is 1. The van der Waals surface area contributed by atoms with Crippen molar-refractivity contribution in [3.63, 3.8) is 0 Å². The summed E-state index contributed by atoms with van der Waals surface area (Å²) in [5.74, 6) is -0.935. The monoisotopic (exact) mass is 395 g/mol. The van der Waals surface area contributed by atoms with Crippen LogP contribution in [-0.2, 0) is 24.1 Å². The number of amides is 1. The molecule has 0 spiro atoms. The normalized spacial score (nSPS) is 15.4. The molecule has 0 bridgehead atoms. The lowest BCUT2D eigenvalue weighted by atomic mass is 10.1. The molecule has 0 saturated carbocycles. The number of pyridine rings is 1. The molecular weight excluding hydrogens is 375 g/mol. The maximum atomic E-state index is 12.7. The molecule has 1 amide bonds. The van der Waals surface area contributed by atoms with Gasteiger partial charge in [-0.15, -0.1) is 0 Å². The Balaban J connectivity index is 1.84. The number of rotatable bonds is 4. The second-order valence-electron chi connectivity index (χ2n) is 6.74. The number of carbonyl (C=O) groups is 1. The summed E-state index contributed by atoms with van der Waals surface area (Å²) < 4.78 is 49.5. The van der Waals surface area contributed by atoms with E-state index in [4.69, 9.17) is 9.47 Å². The molecule has 150 valence electrons. The summed E-state index contributed by atoms with van der Waals surface area (Å²) in [4.78, 5) is 16.3. The molecular formula is C19H20F3N3O3. The minimum Gasteiger partial charge on any atom is -0.460 e. The first-order valence-electron chi connectivity index (χ1n) is 8.57. The molecule has 0 atom stereocenters. The summed E-state index contributed by atoms with van der Waals surface area (Å²) in [7, 11) is 1.50. The van der Waals surface area contributed by atoms with E-state index >= 15 is 0 Å². The zero-order valence-corrected chi connectivity index (χ0v) is 15.6. The summed E-state index contributed by atoms with van der Waals surface area (Å²) in [6.07, 6.45) is -2.84. The van der Waals surface area contributed by atoms with Crippen LogP contribution in [-0.4, -0.2) is 23.7 Å². The average molecular weight is 395 g/mol. The lowest BCUT2D eigenvalue weighted by molar-refractivity contribution is -0.180. The summed E-state index contributed by atoms with van der Waals surface area (Å²) in [6, 6.07) is 4.74. The third-order valence-electron chi connectivity index (χ3n) is 4.28. The highest BCUT2D eigenvalue weighted by Gasteiger charge is 2.33. The molecule has 0 unspecified atom stereocenters. The highest BCUT2D eigenvalue weighted by molar-refractivity contribution is 5.95. The van der Waals surface area contributed by atoms with Gasteiger partial charge in [0.1, 0.15) is 0 Å². The molecule has 9 heteroatoms. The molecule has 2 N–H and O–H groups in total. The molecule has 1 aliphatic rings. The fourth-order valence-electron chi connectivity index (χ4n) is 2.76. The van der Waals surface area contributed by atoms with Crippen molar-refractivity contribution in [2.24, 2.45) is 0 Å². The molecule has 0 saturated heterocycles. The van der Waals surface area contributed by atoms with Crippen LogP contribution >= 0.6 is 0 Å². The number of benzene rings is 1. The first kappa shape index (κ1) is 19.9. The van der Waals surface area contributed by atoms with Crippen LogP contribution < -0.4 is 15.4 Å². The van der Waals surface area contributed by atoms with Crippen molar-refractivity contribution >= 4 is 11.6 Å². The number of aromatic nitrogens is 1. The number of hydrogen-bond acceptors (Lipinski definition) is 5. The van der Waals surface area contributed by atoms with Crippen molar-refractivity contribution in [1.82, 2.24) is 10.3 Å². The maximum Gasteiger partial charge on any atom is 0.416 e. The van der Waals surface area contributed by atoms with E-state index in [1.54, 1.807) is 13.8 Å². The van der Waals surface area contributed by atoms with Crippen molar-refractivity contribution in [1.29, 1.82) is 0 Å². The Morgan fingerprint density at radius 1 is 1.25 bits per heavy atom. The molecule has 3 rings (SSSR count).